The summed E-state index contributed by atoms with van der Waals surface area (Å²) < 4.78 is 15.3. The van der Waals surface area contributed by atoms with Gasteiger partial charge in [-0.05, 0) is 38.1 Å². The molecule has 4 aromatic rings. The molecule has 1 N–H and O–H groups in total. The Bertz CT molecular complexity index is 1310. The van der Waals surface area contributed by atoms with Gasteiger partial charge in [-0.3, -0.25) is 9.59 Å². The molecule has 2 aromatic carbocycles. The second kappa shape index (κ2) is 8.61. The number of aryl methyl sites for hydroxylation is 1. The molecule has 0 spiro atoms. The van der Waals surface area contributed by atoms with E-state index in [0.717, 1.165) is 4.68 Å². The van der Waals surface area contributed by atoms with Crippen molar-refractivity contribution in [1.29, 1.82) is 0 Å². The molecule has 0 radical (unpaired) electrons. The normalized spacial score (nSPS) is 11.8. The number of nitrogens with zero attached hydrogens (tertiary/aromatic N) is 3. The second-order valence-electron chi connectivity index (χ2n) is 6.99. The van der Waals surface area contributed by atoms with Crippen molar-refractivity contribution in [2.75, 3.05) is 5.32 Å². The van der Waals surface area contributed by atoms with Gasteiger partial charge in [-0.15, -0.1) is 11.3 Å². The predicted molar refractivity (Wildman–Crippen MR) is 120 cm³/mol. The number of para-hydroxylation sites is 1. The Hall–Kier alpha value is -3.65. The van der Waals surface area contributed by atoms with Crippen LogP contribution in [0.3, 0.4) is 0 Å². The molecule has 2 heterocycles. The van der Waals surface area contributed by atoms with Crippen LogP contribution >= 0.6 is 11.3 Å². The summed E-state index contributed by atoms with van der Waals surface area (Å²) in [6.45, 7) is 3.37. The van der Waals surface area contributed by atoms with E-state index in [1.165, 1.54) is 23.5 Å². The number of hydrogen-bond donors (Lipinski definition) is 1. The van der Waals surface area contributed by atoms with E-state index in [-0.39, 0.29) is 17.3 Å². The lowest BCUT2D eigenvalue weighted by molar-refractivity contribution is -0.119. The highest BCUT2D eigenvalue weighted by Gasteiger charge is 2.20. The molecule has 8 heteroatoms. The van der Waals surface area contributed by atoms with Crippen molar-refractivity contribution in [3.63, 3.8) is 0 Å². The fraction of sp³-hybridized carbons (Fsp3) is 0.130. The zero-order valence-electron chi connectivity index (χ0n) is 16.9. The number of carbonyl (C=O) groups excluding carboxylic acids is 1. The van der Waals surface area contributed by atoms with Gasteiger partial charge in [0.2, 0.25) is 5.91 Å². The van der Waals surface area contributed by atoms with Gasteiger partial charge in [0.25, 0.3) is 5.56 Å². The van der Waals surface area contributed by atoms with Crippen molar-refractivity contribution in [3.8, 4) is 21.8 Å². The van der Waals surface area contributed by atoms with Crippen LogP contribution in [-0.2, 0) is 4.79 Å². The molecule has 4 rings (SSSR count). The maximum Gasteiger partial charge on any atom is 0.267 e. The van der Waals surface area contributed by atoms with E-state index in [2.05, 4.69) is 15.4 Å². The van der Waals surface area contributed by atoms with Crippen LogP contribution in [0.25, 0.3) is 21.8 Å². The third kappa shape index (κ3) is 4.29. The van der Waals surface area contributed by atoms with Crippen molar-refractivity contribution >= 4 is 22.9 Å². The first kappa shape index (κ1) is 20.6. The van der Waals surface area contributed by atoms with E-state index in [1.54, 1.807) is 50.2 Å². The number of amides is 1. The molecule has 0 aliphatic carbocycles. The molecule has 1 amide bonds. The van der Waals surface area contributed by atoms with Crippen LogP contribution in [-0.4, -0.2) is 20.7 Å². The lowest BCUT2D eigenvalue weighted by atomic mass is 10.1. The Labute approximate surface area is 182 Å². The van der Waals surface area contributed by atoms with Crippen LogP contribution in [0.1, 0.15) is 18.7 Å². The maximum atomic E-state index is 14.1. The minimum atomic E-state index is -0.801. The van der Waals surface area contributed by atoms with Gasteiger partial charge in [0.05, 0.1) is 17.1 Å². The van der Waals surface area contributed by atoms with E-state index < -0.39 is 6.04 Å². The highest BCUT2D eigenvalue weighted by molar-refractivity contribution is 7.13. The van der Waals surface area contributed by atoms with Crippen molar-refractivity contribution in [2.24, 2.45) is 0 Å². The topological polar surface area (TPSA) is 76.9 Å². The molecule has 0 bridgehead atoms. The summed E-state index contributed by atoms with van der Waals surface area (Å²) in [5, 5.41) is 9.40. The van der Waals surface area contributed by atoms with Crippen molar-refractivity contribution in [1.82, 2.24) is 14.8 Å². The molecular formula is C23H19FN4O2S. The predicted octanol–water partition coefficient (Wildman–Crippen LogP) is 4.68. The van der Waals surface area contributed by atoms with E-state index in [4.69, 9.17) is 0 Å². The summed E-state index contributed by atoms with van der Waals surface area (Å²) in [5.41, 5.74) is 2.59. The summed E-state index contributed by atoms with van der Waals surface area (Å²) >= 11 is 1.33. The Morgan fingerprint density at radius 2 is 1.77 bits per heavy atom. The lowest BCUT2D eigenvalue weighted by Crippen LogP contribution is -2.33. The fourth-order valence-corrected chi connectivity index (χ4v) is 3.96. The average Bonchev–Trinajstić information content (AvgIpc) is 3.25. The molecule has 0 saturated heterocycles. The smallest absolute Gasteiger partial charge is 0.267 e. The summed E-state index contributed by atoms with van der Waals surface area (Å²) in [6.07, 6.45) is 0. The van der Waals surface area contributed by atoms with E-state index in [1.807, 2.05) is 17.5 Å². The molecule has 0 saturated carbocycles. The number of hydrogen-bond acceptors (Lipinski definition) is 5. The van der Waals surface area contributed by atoms with E-state index >= 15 is 0 Å². The highest BCUT2D eigenvalue weighted by Crippen LogP contribution is 2.33. The highest BCUT2D eigenvalue weighted by atomic mass is 32.1. The Morgan fingerprint density at radius 3 is 2.55 bits per heavy atom. The van der Waals surface area contributed by atoms with Crippen LogP contribution in [0, 0.1) is 12.7 Å². The molecule has 1 unspecified atom stereocenters. The Morgan fingerprint density at radius 1 is 1.06 bits per heavy atom. The summed E-state index contributed by atoms with van der Waals surface area (Å²) in [7, 11) is 0. The van der Waals surface area contributed by atoms with E-state index in [0.29, 0.717) is 33.2 Å². The zero-order chi connectivity index (χ0) is 22.0. The van der Waals surface area contributed by atoms with E-state index in [9.17, 15) is 14.0 Å². The summed E-state index contributed by atoms with van der Waals surface area (Å²) in [4.78, 5) is 29.5. The van der Waals surface area contributed by atoms with Crippen LogP contribution in [0.15, 0.2) is 70.8 Å². The lowest BCUT2D eigenvalue weighted by Gasteiger charge is -2.16. The molecule has 6 nitrogen and oxygen atoms in total. The van der Waals surface area contributed by atoms with Gasteiger partial charge in [0, 0.05) is 22.6 Å². The number of halogens is 1. The Kier molecular flexibility index (Phi) is 5.73. The molecule has 0 aliphatic heterocycles. The third-order valence-corrected chi connectivity index (χ3v) is 5.65. The Balaban J connectivity index is 1.63. The quantitative estimate of drug-likeness (QED) is 0.495. The first-order valence-electron chi connectivity index (χ1n) is 9.61. The van der Waals surface area contributed by atoms with Crippen molar-refractivity contribution in [3.05, 3.63) is 87.9 Å². The van der Waals surface area contributed by atoms with Gasteiger partial charge in [-0.25, -0.2) is 14.1 Å². The van der Waals surface area contributed by atoms with Crippen LogP contribution in [0.2, 0.25) is 0 Å². The van der Waals surface area contributed by atoms with Gasteiger partial charge in [-0.1, -0.05) is 30.3 Å². The monoisotopic (exact) mass is 434 g/mol. The molecule has 156 valence electrons. The zero-order valence-corrected chi connectivity index (χ0v) is 17.7. The molecule has 2 aromatic heterocycles. The number of thiazole rings is 1. The minimum absolute atomic E-state index is 0.338. The number of nitrogens with one attached hydrogen (secondary N) is 1. The SMILES string of the molecule is Cc1ccc(=O)n(C(C)C(=O)Nc2ccccc2-c2csc(-c3ccccc3F)n2)n1. The molecule has 0 fully saturated rings. The third-order valence-electron chi connectivity index (χ3n) is 4.77. The molecule has 31 heavy (non-hydrogen) atoms. The second-order valence-corrected chi connectivity index (χ2v) is 7.84. The van der Waals surface area contributed by atoms with Crippen LogP contribution in [0.4, 0.5) is 10.1 Å². The first-order valence-corrected chi connectivity index (χ1v) is 10.5. The number of anilines is 1. The van der Waals surface area contributed by atoms with Crippen molar-refractivity contribution in [2.45, 2.75) is 19.9 Å². The van der Waals surface area contributed by atoms with Gasteiger partial charge in [0.15, 0.2) is 0 Å². The van der Waals surface area contributed by atoms with Crippen molar-refractivity contribution < 1.29 is 9.18 Å². The number of aromatic nitrogens is 3. The fourth-order valence-electron chi connectivity index (χ4n) is 3.12. The van der Waals surface area contributed by atoms with Crippen LogP contribution in [0.5, 0.6) is 0 Å². The van der Waals surface area contributed by atoms with Gasteiger partial charge >= 0.3 is 0 Å². The minimum Gasteiger partial charge on any atom is -0.324 e. The van der Waals surface area contributed by atoms with Gasteiger partial charge in [-0.2, -0.15) is 5.10 Å². The number of carbonyl (C=O) groups is 1. The van der Waals surface area contributed by atoms with Crippen LogP contribution < -0.4 is 10.9 Å². The largest absolute Gasteiger partial charge is 0.324 e. The maximum absolute atomic E-state index is 14.1. The summed E-state index contributed by atoms with van der Waals surface area (Å²) in [5.74, 6) is -0.716. The molecular weight excluding hydrogens is 415 g/mol. The number of rotatable bonds is 5. The first-order chi connectivity index (χ1) is 14.9. The molecule has 0 aliphatic rings. The molecule has 1 atom stereocenters. The standard InChI is InChI=1S/C23H19FN4O2S/c1-14-11-12-21(29)28(27-14)15(2)22(30)25-19-10-6-4-8-17(19)20-13-31-23(26-20)16-7-3-5-9-18(16)24/h3-13,15H,1-2H3,(H,25,30). The average molecular weight is 434 g/mol. The summed E-state index contributed by atoms with van der Waals surface area (Å²) in [6, 6.07) is 15.9. The number of benzene rings is 2. The van der Waals surface area contributed by atoms with Gasteiger partial charge in [0.1, 0.15) is 16.9 Å². The van der Waals surface area contributed by atoms with Gasteiger partial charge < -0.3 is 5.32 Å².